The Morgan fingerprint density at radius 2 is 1.70 bits per heavy atom. The van der Waals surface area contributed by atoms with Gasteiger partial charge in [0.15, 0.2) is 5.11 Å². The van der Waals surface area contributed by atoms with Crippen LogP contribution in [0.2, 0.25) is 0 Å². The summed E-state index contributed by atoms with van der Waals surface area (Å²) in [4.78, 5) is 12.5. The molecule has 0 aliphatic heterocycles. The summed E-state index contributed by atoms with van der Waals surface area (Å²) in [7, 11) is 0. The minimum absolute atomic E-state index is 0.216. The normalized spacial score (nSPS) is 10.3. The van der Waals surface area contributed by atoms with Gasteiger partial charge in [-0.1, -0.05) is 48.5 Å². The van der Waals surface area contributed by atoms with Gasteiger partial charge in [0.05, 0.1) is 0 Å². The van der Waals surface area contributed by atoms with Gasteiger partial charge >= 0.3 is 0 Å². The van der Waals surface area contributed by atoms with Gasteiger partial charge in [0, 0.05) is 11.3 Å². The van der Waals surface area contributed by atoms with Crippen LogP contribution in [-0.4, -0.2) is 11.0 Å². The molecule has 3 nitrogen and oxygen atoms in total. The number of anilines is 1. The molecule has 0 saturated carbocycles. The van der Waals surface area contributed by atoms with Crippen LogP contribution in [0.5, 0.6) is 0 Å². The van der Waals surface area contributed by atoms with Crippen molar-refractivity contribution in [2.45, 2.75) is 6.92 Å². The number of benzene rings is 3. The van der Waals surface area contributed by atoms with E-state index in [2.05, 4.69) is 10.6 Å². The number of rotatable bonds is 2. The Bertz CT molecular complexity index is 884. The van der Waals surface area contributed by atoms with Gasteiger partial charge in [0.1, 0.15) is 0 Å². The lowest BCUT2D eigenvalue weighted by Gasteiger charge is -2.11. The number of fused-ring (bicyclic) bond motifs is 1. The molecule has 3 aromatic rings. The first-order valence-electron chi connectivity index (χ1n) is 7.30. The Labute approximate surface area is 140 Å². The number of aryl methyl sites for hydroxylation is 1. The van der Waals surface area contributed by atoms with E-state index < -0.39 is 0 Å². The van der Waals surface area contributed by atoms with Gasteiger partial charge < -0.3 is 5.32 Å². The minimum Gasteiger partial charge on any atom is -0.332 e. The molecule has 4 heteroatoms. The number of carbonyl (C=O) groups excluding carboxylic acids is 1. The number of hydrogen-bond donors (Lipinski definition) is 2. The van der Waals surface area contributed by atoms with Crippen LogP contribution in [0, 0.1) is 6.92 Å². The van der Waals surface area contributed by atoms with Gasteiger partial charge in [-0.05, 0) is 53.7 Å². The summed E-state index contributed by atoms with van der Waals surface area (Å²) in [6, 6.07) is 21.2. The van der Waals surface area contributed by atoms with Crippen LogP contribution in [0.4, 0.5) is 5.69 Å². The molecule has 3 aromatic carbocycles. The van der Waals surface area contributed by atoms with Crippen LogP contribution < -0.4 is 10.6 Å². The maximum Gasteiger partial charge on any atom is 0.258 e. The second-order valence-electron chi connectivity index (χ2n) is 5.30. The maximum absolute atomic E-state index is 12.5. The smallest absolute Gasteiger partial charge is 0.258 e. The Balaban J connectivity index is 1.77. The lowest BCUT2D eigenvalue weighted by atomic mass is 10.0. The van der Waals surface area contributed by atoms with E-state index in [-0.39, 0.29) is 11.0 Å². The Morgan fingerprint density at radius 3 is 2.52 bits per heavy atom. The zero-order valence-corrected chi connectivity index (χ0v) is 13.5. The lowest BCUT2D eigenvalue weighted by Crippen LogP contribution is -2.34. The highest BCUT2D eigenvalue weighted by molar-refractivity contribution is 7.80. The van der Waals surface area contributed by atoms with E-state index in [1.807, 2.05) is 67.6 Å². The van der Waals surface area contributed by atoms with Crippen molar-refractivity contribution < 1.29 is 4.79 Å². The average Bonchev–Trinajstić information content (AvgIpc) is 2.54. The fourth-order valence-corrected chi connectivity index (χ4v) is 2.69. The van der Waals surface area contributed by atoms with Crippen LogP contribution in [-0.2, 0) is 0 Å². The van der Waals surface area contributed by atoms with E-state index in [0.29, 0.717) is 5.56 Å². The zero-order chi connectivity index (χ0) is 16.2. The predicted octanol–water partition coefficient (Wildman–Crippen LogP) is 4.28. The summed E-state index contributed by atoms with van der Waals surface area (Å²) >= 11 is 5.24. The zero-order valence-electron chi connectivity index (χ0n) is 12.7. The third-order valence-electron chi connectivity index (χ3n) is 3.54. The van der Waals surface area contributed by atoms with Crippen LogP contribution in [0.3, 0.4) is 0 Å². The standard InChI is InChI=1S/C19H16N2OS/c1-13-6-4-9-15(12-13)20-19(23)21-18(22)17-11-5-8-14-7-2-3-10-16(14)17/h2-12H,1H3,(H2,20,21,22,23). The Morgan fingerprint density at radius 1 is 0.957 bits per heavy atom. The molecule has 0 saturated heterocycles. The van der Waals surface area contributed by atoms with E-state index in [1.54, 1.807) is 6.07 Å². The largest absolute Gasteiger partial charge is 0.332 e. The first-order valence-corrected chi connectivity index (χ1v) is 7.71. The van der Waals surface area contributed by atoms with Gasteiger partial charge in [-0.25, -0.2) is 0 Å². The third-order valence-corrected chi connectivity index (χ3v) is 3.74. The number of thiocarbonyl (C=S) groups is 1. The number of carbonyl (C=O) groups is 1. The van der Waals surface area contributed by atoms with Crippen molar-refractivity contribution in [3.05, 3.63) is 77.9 Å². The second kappa shape index (κ2) is 6.58. The maximum atomic E-state index is 12.5. The molecule has 0 heterocycles. The summed E-state index contributed by atoms with van der Waals surface area (Å²) in [6.07, 6.45) is 0. The molecular formula is C19H16N2OS. The van der Waals surface area contributed by atoms with E-state index in [0.717, 1.165) is 22.0 Å². The number of hydrogen-bond acceptors (Lipinski definition) is 2. The molecule has 0 bridgehead atoms. The number of nitrogens with one attached hydrogen (secondary N) is 2. The summed E-state index contributed by atoms with van der Waals surface area (Å²) in [5.41, 5.74) is 2.59. The van der Waals surface area contributed by atoms with Crippen LogP contribution in [0.15, 0.2) is 66.7 Å². The molecule has 0 unspecified atom stereocenters. The minimum atomic E-state index is -0.216. The molecule has 0 atom stereocenters. The van der Waals surface area contributed by atoms with E-state index >= 15 is 0 Å². The van der Waals surface area contributed by atoms with Crippen molar-refractivity contribution in [1.29, 1.82) is 0 Å². The van der Waals surface area contributed by atoms with Gasteiger partial charge in [-0.2, -0.15) is 0 Å². The third kappa shape index (κ3) is 3.55. The molecule has 2 N–H and O–H groups in total. The monoisotopic (exact) mass is 320 g/mol. The van der Waals surface area contributed by atoms with Crippen LogP contribution >= 0.6 is 12.2 Å². The Kier molecular flexibility index (Phi) is 4.35. The van der Waals surface area contributed by atoms with Crippen LogP contribution in [0.25, 0.3) is 10.8 Å². The number of amides is 1. The highest BCUT2D eigenvalue weighted by Crippen LogP contribution is 2.18. The molecule has 114 valence electrons. The molecule has 23 heavy (non-hydrogen) atoms. The van der Waals surface area contributed by atoms with Crippen LogP contribution in [0.1, 0.15) is 15.9 Å². The molecule has 1 amide bonds. The quantitative estimate of drug-likeness (QED) is 0.693. The summed E-state index contributed by atoms with van der Waals surface area (Å²) < 4.78 is 0. The molecule has 0 aliphatic carbocycles. The van der Waals surface area contributed by atoms with Crippen molar-refractivity contribution in [2.75, 3.05) is 5.32 Å². The summed E-state index contributed by atoms with van der Waals surface area (Å²) in [5, 5.41) is 7.99. The molecule has 0 aliphatic rings. The summed E-state index contributed by atoms with van der Waals surface area (Å²) in [5.74, 6) is -0.216. The van der Waals surface area contributed by atoms with Gasteiger partial charge in [0.25, 0.3) is 5.91 Å². The molecule has 0 aromatic heterocycles. The molecular weight excluding hydrogens is 304 g/mol. The van der Waals surface area contributed by atoms with Gasteiger partial charge in [-0.3, -0.25) is 10.1 Å². The molecule has 3 rings (SSSR count). The van der Waals surface area contributed by atoms with Gasteiger partial charge in [-0.15, -0.1) is 0 Å². The van der Waals surface area contributed by atoms with E-state index in [9.17, 15) is 4.79 Å². The van der Waals surface area contributed by atoms with Crippen molar-refractivity contribution in [1.82, 2.24) is 5.32 Å². The first-order chi connectivity index (χ1) is 11.1. The lowest BCUT2D eigenvalue weighted by molar-refractivity contribution is 0.0979. The Hall–Kier alpha value is -2.72. The first kappa shape index (κ1) is 15.2. The summed E-state index contributed by atoms with van der Waals surface area (Å²) in [6.45, 7) is 2.00. The average molecular weight is 320 g/mol. The van der Waals surface area contributed by atoms with Crippen molar-refractivity contribution in [3.63, 3.8) is 0 Å². The van der Waals surface area contributed by atoms with E-state index in [4.69, 9.17) is 12.2 Å². The molecule has 0 fully saturated rings. The van der Waals surface area contributed by atoms with Crippen molar-refractivity contribution in [2.24, 2.45) is 0 Å². The van der Waals surface area contributed by atoms with Crippen molar-refractivity contribution in [3.8, 4) is 0 Å². The predicted molar refractivity (Wildman–Crippen MR) is 98.8 cm³/mol. The van der Waals surface area contributed by atoms with Gasteiger partial charge in [0.2, 0.25) is 0 Å². The highest BCUT2D eigenvalue weighted by atomic mass is 32.1. The highest BCUT2D eigenvalue weighted by Gasteiger charge is 2.11. The topological polar surface area (TPSA) is 41.1 Å². The SMILES string of the molecule is Cc1cccc(NC(=S)NC(=O)c2cccc3ccccc23)c1. The second-order valence-corrected chi connectivity index (χ2v) is 5.71. The van der Waals surface area contributed by atoms with Crippen molar-refractivity contribution >= 4 is 39.7 Å². The molecule has 0 spiro atoms. The molecule has 0 radical (unpaired) electrons. The fourth-order valence-electron chi connectivity index (χ4n) is 2.48. The fraction of sp³-hybridized carbons (Fsp3) is 0.0526. The van der Waals surface area contributed by atoms with E-state index in [1.165, 1.54) is 0 Å².